The quantitative estimate of drug-likeness (QED) is 0.346. The van der Waals surface area contributed by atoms with Crippen molar-refractivity contribution in [1.29, 1.82) is 0 Å². The molecule has 140 valence electrons. The lowest BCUT2D eigenvalue weighted by molar-refractivity contribution is -0.339. The van der Waals surface area contributed by atoms with Crippen LogP contribution in [0.5, 0.6) is 0 Å². The molecule has 0 aromatic heterocycles. The second-order valence-corrected chi connectivity index (χ2v) is 6.26. The third kappa shape index (κ3) is 3.31. The van der Waals surface area contributed by atoms with Gasteiger partial charge in [0, 0.05) is 11.8 Å². The van der Waals surface area contributed by atoms with E-state index in [1.54, 1.807) is 6.08 Å². The van der Waals surface area contributed by atoms with Crippen LogP contribution < -0.4 is 0 Å². The van der Waals surface area contributed by atoms with Crippen molar-refractivity contribution in [2.75, 3.05) is 13.2 Å². The minimum Gasteiger partial charge on any atom is -0.471 e. The number of aliphatic hydroxyl groups excluding tert-OH is 4. The second kappa shape index (κ2) is 7.40. The number of hydrogen-bond donors (Lipinski definition) is 4. The van der Waals surface area contributed by atoms with Crippen molar-refractivity contribution >= 4 is 5.97 Å². The van der Waals surface area contributed by atoms with Gasteiger partial charge in [0.1, 0.15) is 24.4 Å². The number of fused-ring (bicyclic) bond motifs is 1. The third-order valence-corrected chi connectivity index (χ3v) is 4.79. The zero-order chi connectivity index (χ0) is 18.1. The maximum absolute atomic E-state index is 11.8. The Labute approximate surface area is 144 Å². The van der Waals surface area contributed by atoms with E-state index in [1.807, 2.05) is 0 Å². The molecular formula is C16H22O9. The van der Waals surface area contributed by atoms with Crippen LogP contribution in [-0.2, 0) is 23.7 Å². The van der Waals surface area contributed by atoms with E-state index in [0.29, 0.717) is 12.0 Å². The summed E-state index contributed by atoms with van der Waals surface area (Å²) in [6, 6.07) is 0. The molecule has 0 spiro atoms. The standard InChI is InChI=1S/C16H22O9/c1-2-7-8-3-4-22-14(21)9(8)6-23-15(7)25-16-13(20)12(19)11(18)10(5-17)24-16/h2,6-8,10-13,15-20H,1,3-5H2/t7-,8+,10-,11-,12+,13-,15+,16+/m0/s1. The maximum Gasteiger partial charge on any atom is 0.337 e. The van der Waals surface area contributed by atoms with E-state index in [0.717, 1.165) is 0 Å². The number of carbonyl (C=O) groups excluding carboxylic acids is 1. The van der Waals surface area contributed by atoms with Gasteiger partial charge < -0.3 is 39.4 Å². The highest BCUT2D eigenvalue weighted by atomic mass is 16.8. The van der Waals surface area contributed by atoms with Crippen LogP contribution in [0, 0.1) is 11.8 Å². The van der Waals surface area contributed by atoms with Crippen LogP contribution in [-0.4, -0.2) is 76.6 Å². The molecule has 0 aromatic rings. The van der Waals surface area contributed by atoms with Gasteiger partial charge in [-0.3, -0.25) is 0 Å². The Bertz CT molecular complexity index is 546. The van der Waals surface area contributed by atoms with Crippen molar-refractivity contribution in [3.63, 3.8) is 0 Å². The second-order valence-electron chi connectivity index (χ2n) is 6.26. The summed E-state index contributed by atoms with van der Waals surface area (Å²) < 4.78 is 21.4. The van der Waals surface area contributed by atoms with Crippen molar-refractivity contribution in [2.45, 2.75) is 43.4 Å². The first-order valence-corrected chi connectivity index (χ1v) is 8.09. The highest BCUT2D eigenvalue weighted by molar-refractivity contribution is 5.89. The van der Waals surface area contributed by atoms with Gasteiger partial charge in [0.15, 0.2) is 6.29 Å². The molecule has 9 nitrogen and oxygen atoms in total. The van der Waals surface area contributed by atoms with Gasteiger partial charge in [-0.15, -0.1) is 6.58 Å². The number of hydrogen-bond acceptors (Lipinski definition) is 9. The summed E-state index contributed by atoms with van der Waals surface area (Å²) in [6.07, 6.45) is -4.44. The van der Waals surface area contributed by atoms with Crippen LogP contribution in [0.2, 0.25) is 0 Å². The van der Waals surface area contributed by atoms with Crippen molar-refractivity contribution in [2.24, 2.45) is 11.8 Å². The normalized spacial score (nSPS) is 44.2. The molecule has 0 unspecified atom stereocenters. The van der Waals surface area contributed by atoms with Gasteiger partial charge in [-0.05, 0) is 6.42 Å². The summed E-state index contributed by atoms with van der Waals surface area (Å²) in [5.74, 6) is -1.06. The van der Waals surface area contributed by atoms with Gasteiger partial charge in [0.05, 0.1) is 25.0 Å². The van der Waals surface area contributed by atoms with Crippen molar-refractivity contribution in [3.05, 3.63) is 24.5 Å². The van der Waals surface area contributed by atoms with E-state index < -0.39 is 55.5 Å². The first-order valence-electron chi connectivity index (χ1n) is 8.09. The minimum absolute atomic E-state index is 0.206. The lowest BCUT2D eigenvalue weighted by atomic mass is 9.81. The summed E-state index contributed by atoms with van der Waals surface area (Å²) in [5.41, 5.74) is 0.393. The molecule has 3 aliphatic heterocycles. The Hall–Kier alpha value is -1.49. The number of cyclic esters (lactones) is 1. The highest BCUT2D eigenvalue weighted by Gasteiger charge is 2.48. The van der Waals surface area contributed by atoms with Gasteiger partial charge >= 0.3 is 5.97 Å². The van der Waals surface area contributed by atoms with E-state index >= 15 is 0 Å². The highest BCUT2D eigenvalue weighted by Crippen LogP contribution is 2.38. The predicted octanol–water partition coefficient (Wildman–Crippen LogP) is -1.59. The first kappa shape index (κ1) is 18.3. The Morgan fingerprint density at radius 1 is 1.24 bits per heavy atom. The number of ether oxygens (including phenoxy) is 4. The first-order chi connectivity index (χ1) is 12.0. The molecule has 3 aliphatic rings. The monoisotopic (exact) mass is 358 g/mol. The number of aliphatic hydroxyl groups is 4. The molecule has 2 saturated heterocycles. The molecule has 0 aliphatic carbocycles. The van der Waals surface area contributed by atoms with Crippen molar-refractivity contribution in [1.82, 2.24) is 0 Å². The average Bonchev–Trinajstić information content (AvgIpc) is 2.62. The Balaban J connectivity index is 1.75. The van der Waals surface area contributed by atoms with Crippen molar-refractivity contribution in [3.8, 4) is 0 Å². The van der Waals surface area contributed by atoms with E-state index in [1.165, 1.54) is 6.26 Å². The molecule has 2 fully saturated rings. The molecule has 0 saturated carbocycles. The Kier molecular flexibility index (Phi) is 5.42. The van der Waals surface area contributed by atoms with Gasteiger partial charge in [-0.2, -0.15) is 0 Å². The fraction of sp³-hybridized carbons (Fsp3) is 0.688. The fourth-order valence-corrected chi connectivity index (χ4v) is 3.34. The molecular weight excluding hydrogens is 336 g/mol. The average molecular weight is 358 g/mol. The van der Waals surface area contributed by atoms with Crippen LogP contribution in [0.3, 0.4) is 0 Å². The largest absolute Gasteiger partial charge is 0.471 e. The van der Waals surface area contributed by atoms with E-state index in [2.05, 4.69) is 6.58 Å². The molecule has 25 heavy (non-hydrogen) atoms. The SMILES string of the molecule is C=C[C@@H]1[C@@H](O[C@H]2O[C@@H](CO)[C@H](O)[C@@H](O)[C@@H]2O)OC=C2C(=O)OCC[C@@H]21. The predicted molar refractivity (Wildman–Crippen MR) is 80.6 cm³/mol. The Morgan fingerprint density at radius 3 is 2.68 bits per heavy atom. The molecule has 9 heteroatoms. The van der Waals surface area contributed by atoms with Gasteiger partial charge in [0.25, 0.3) is 0 Å². The Morgan fingerprint density at radius 2 is 2.00 bits per heavy atom. The van der Waals surface area contributed by atoms with E-state index in [4.69, 9.17) is 18.9 Å². The number of esters is 1. The van der Waals surface area contributed by atoms with Gasteiger partial charge in [-0.25, -0.2) is 4.79 Å². The van der Waals surface area contributed by atoms with E-state index in [-0.39, 0.29) is 12.5 Å². The summed E-state index contributed by atoms with van der Waals surface area (Å²) >= 11 is 0. The third-order valence-electron chi connectivity index (χ3n) is 4.79. The molecule has 3 heterocycles. The minimum atomic E-state index is -1.54. The summed E-state index contributed by atoms with van der Waals surface area (Å²) in [4.78, 5) is 11.8. The van der Waals surface area contributed by atoms with E-state index in [9.17, 15) is 25.2 Å². The lowest BCUT2D eigenvalue weighted by Gasteiger charge is -2.43. The molecule has 0 bridgehead atoms. The summed E-state index contributed by atoms with van der Waals surface area (Å²) in [7, 11) is 0. The van der Waals surface area contributed by atoms with Crippen molar-refractivity contribution < 1.29 is 44.2 Å². The van der Waals surface area contributed by atoms with Crippen LogP contribution >= 0.6 is 0 Å². The molecule has 0 radical (unpaired) electrons. The zero-order valence-corrected chi connectivity index (χ0v) is 13.4. The topological polar surface area (TPSA) is 135 Å². The molecule has 8 atom stereocenters. The lowest BCUT2D eigenvalue weighted by Crippen LogP contribution is -2.60. The van der Waals surface area contributed by atoms with Crippen LogP contribution in [0.15, 0.2) is 24.5 Å². The summed E-state index contributed by atoms with van der Waals surface area (Å²) in [6.45, 7) is 3.47. The maximum atomic E-state index is 11.8. The molecule has 4 N–H and O–H groups in total. The van der Waals surface area contributed by atoms with Crippen LogP contribution in [0.4, 0.5) is 0 Å². The fourth-order valence-electron chi connectivity index (χ4n) is 3.34. The summed E-state index contributed by atoms with van der Waals surface area (Å²) in [5, 5.41) is 38.9. The number of rotatable bonds is 4. The van der Waals surface area contributed by atoms with Gasteiger partial charge in [-0.1, -0.05) is 6.08 Å². The smallest absolute Gasteiger partial charge is 0.337 e. The van der Waals surface area contributed by atoms with Crippen LogP contribution in [0.1, 0.15) is 6.42 Å². The molecule has 3 rings (SSSR count). The van der Waals surface area contributed by atoms with Gasteiger partial charge in [0.2, 0.25) is 6.29 Å². The molecule has 0 amide bonds. The van der Waals surface area contributed by atoms with Crippen LogP contribution in [0.25, 0.3) is 0 Å². The molecule has 0 aromatic carbocycles. The number of carbonyl (C=O) groups is 1. The zero-order valence-electron chi connectivity index (χ0n) is 13.4.